The van der Waals surface area contributed by atoms with Crippen LogP contribution in [-0.4, -0.2) is 41.9 Å². The summed E-state index contributed by atoms with van der Waals surface area (Å²) in [6.07, 6.45) is 3.14. The van der Waals surface area contributed by atoms with Crippen LogP contribution in [0.4, 0.5) is 15.4 Å². The summed E-state index contributed by atoms with van der Waals surface area (Å²) in [6, 6.07) is 8.94. The zero-order chi connectivity index (χ0) is 22.4. The van der Waals surface area contributed by atoms with Crippen LogP contribution in [0.3, 0.4) is 0 Å². The Morgan fingerprint density at radius 2 is 2.06 bits per heavy atom. The number of pyridine rings is 1. The highest BCUT2D eigenvalue weighted by Crippen LogP contribution is 2.31. The third-order valence-corrected chi connectivity index (χ3v) is 4.87. The van der Waals surface area contributed by atoms with Crippen LogP contribution < -0.4 is 20.1 Å². The summed E-state index contributed by atoms with van der Waals surface area (Å²) >= 11 is 5.98. The average Bonchev–Trinajstić information content (AvgIpc) is 2.79. The Balaban J connectivity index is 2.01. The highest BCUT2D eigenvalue weighted by Gasteiger charge is 2.21. The van der Waals surface area contributed by atoms with Crippen molar-refractivity contribution in [1.29, 1.82) is 0 Å². The van der Waals surface area contributed by atoms with Crippen LogP contribution in [0, 0.1) is 0 Å². The van der Waals surface area contributed by atoms with Gasteiger partial charge in [-0.05, 0) is 35.9 Å². The smallest absolute Gasteiger partial charge is 0.225 e. The lowest BCUT2D eigenvalue weighted by Crippen LogP contribution is -2.22. The van der Waals surface area contributed by atoms with E-state index in [1.54, 1.807) is 50.6 Å². The average molecular weight is 463 g/mol. The molecule has 3 aromatic rings. The third-order valence-electron chi connectivity index (χ3n) is 4.45. The van der Waals surface area contributed by atoms with Crippen LogP contribution in [0.5, 0.6) is 11.5 Å². The zero-order valence-electron chi connectivity index (χ0n) is 17.0. The number of methoxy groups -OCH3 is 2. The quantitative estimate of drug-likeness (QED) is 0.303. The van der Waals surface area contributed by atoms with Crippen molar-refractivity contribution in [3.8, 4) is 11.5 Å². The minimum absolute atomic E-state index is 0.0480. The van der Waals surface area contributed by atoms with Crippen molar-refractivity contribution < 1.29 is 13.4 Å². The van der Waals surface area contributed by atoms with E-state index in [0.29, 0.717) is 29.4 Å². The SMILES string of the molecule is COc1ccc(CN(C)c2nc(Cl)nc(/C(=N/SF)c3cccnc3)c2N)c(OC)c1. The molecule has 0 saturated carbocycles. The third kappa shape index (κ3) is 5.15. The molecule has 0 saturated heterocycles. The summed E-state index contributed by atoms with van der Waals surface area (Å²) in [5.41, 5.74) is 8.42. The fourth-order valence-corrected chi connectivity index (χ4v) is 3.41. The second-order valence-corrected chi connectivity index (χ2v) is 7.02. The molecule has 3 rings (SSSR count). The standard InChI is InChI=1S/C20H20ClFN6O2S/c1-28(11-13-6-7-14(29-2)9-15(13)30-3)19-16(23)18(25-20(21)26-19)17(27-31-22)12-5-4-8-24-10-12/h4-10H,11,23H2,1-3H3/b27-17+. The summed E-state index contributed by atoms with van der Waals surface area (Å²) in [5.74, 6) is 1.70. The maximum absolute atomic E-state index is 13.1. The molecule has 8 nitrogen and oxygen atoms in total. The molecule has 31 heavy (non-hydrogen) atoms. The maximum Gasteiger partial charge on any atom is 0.225 e. The molecular formula is C20H20ClFN6O2S. The number of nitrogen functional groups attached to an aromatic ring is 1. The van der Waals surface area contributed by atoms with Crippen molar-refractivity contribution in [2.45, 2.75) is 6.54 Å². The van der Waals surface area contributed by atoms with Crippen LogP contribution in [0.2, 0.25) is 5.28 Å². The number of nitrogens with two attached hydrogens (primary N) is 1. The van der Waals surface area contributed by atoms with Crippen LogP contribution >= 0.6 is 23.9 Å². The van der Waals surface area contributed by atoms with E-state index in [4.69, 9.17) is 26.8 Å². The molecule has 162 valence electrons. The monoisotopic (exact) mass is 462 g/mol. The largest absolute Gasteiger partial charge is 0.497 e. The molecule has 2 N–H and O–H groups in total. The topological polar surface area (TPSA) is 98.8 Å². The van der Waals surface area contributed by atoms with Gasteiger partial charge >= 0.3 is 0 Å². The van der Waals surface area contributed by atoms with E-state index in [-0.39, 0.29) is 34.7 Å². The predicted molar refractivity (Wildman–Crippen MR) is 122 cm³/mol. The molecule has 0 radical (unpaired) electrons. The van der Waals surface area contributed by atoms with Gasteiger partial charge in [0, 0.05) is 43.2 Å². The molecular weight excluding hydrogens is 443 g/mol. The van der Waals surface area contributed by atoms with Crippen LogP contribution in [-0.2, 0) is 6.54 Å². The summed E-state index contributed by atoms with van der Waals surface area (Å²) in [6.45, 7) is 0.404. The summed E-state index contributed by atoms with van der Waals surface area (Å²) < 4.78 is 27.6. The highest BCUT2D eigenvalue weighted by molar-refractivity contribution is 7.93. The van der Waals surface area contributed by atoms with Crippen molar-refractivity contribution in [3.63, 3.8) is 0 Å². The first-order valence-corrected chi connectivity index (χ1v) is 10.0. The van der Waals surface area contributed by atoms with Gasteiger partial charge in [0.05, 0.1) is 14.2 Å². The molecule has 0 fully saturated rings. The Morgan fingerprint density at radius 1 is 1.26 bits per heavy atom. The number of halogens is 2. The van der Waals surface area contributed by atoms with E-state index in [9.17, 15) is 3.89 Å². The van der Waals surface area contributed by atoms with Gasteiger partial charge in [-0.15, -0.1) is 3.89 Å². The van der Waals surface area contributed by atoms with Crippen molar-refractivity contribution in [3.05, 3.63) is 64.8 Å². The molecule has 0 aliphatic heterocycles. The summed E-state index contributed by atoms with van der Waals surface area (Å²) in [4.78, 5) is 14.3. The Hall–Kier alpha value is -3.11. The minimum atomic E-state index is -0.202. The van der Waals surface area contributed by atoms with E-state index >= 15 is 0 Å². The molecule has 2 aromatic heterocycles. The van der Waals surface area contributed by atoms with Crippen molar-refractivity contribution in [2.75, 3.05) is 31.9 Å². The Kier molecular flexibility index (Phi) is 7.48. The highest BCUT2D eigenvalue weighted by atomic mass is 35.5. The molecule has 1 aromatic carbocycles. The first-order valence-electron chi connectivity index (χ1n) is 9.00. The van der Waals surface area contributed by atoms with E-state index in [1.807, 2.05) is 12.1 Å². The fraction of sp³-hybridized carbons (Fsp3) is 0.200. The normalized spacial score (nSPS) is 11.3. The lowest BCUT2D eigenvalue weighted by molar-refractivity contribution is 0.391. The predicted octanol–water partition coefficient (Wildman–Crippen LogP) is 4.13. The first kappa shape index (κ1) is 22.6. The molecule has 0 atom stereocenters. The molecule has 0 aliphatic rings. The van der Waals surface area contributed by atoms with Crippen LogP contribution in [0.15, 0.2) is 47.1 Å². The maximum atomic E-state index is 13.1. The molecule has 0 amide bonds. The lowest BCUT2D eigenvalue weighted by atomic mass is 10.1. The van der Waals surface area contributed by atoms with E-state index in [0.717, 1.165) is 5.56 Å². The first-order chi connectivity index (χ1) is 15.0. The van der Waals surface area contributed by atoms with Gasteiger partial charge in [0.2, 0.25) is 5.28 Å². The molecule has 0 bridgehead atoms. The van der Waals surface area contributed by atoms with Crippen molar-refractivity contribution in [1.82, 2.24) is 15.0 Å². The van der Waals surface area contributed by atoms with Gasteiger partial charge in [-0.25, -0.2) is 4.98 Å². The molecule has 2 heterocycles. The Bertz CT molecular complexity index is 1090. The van der Waals surface area contributed by atoms with Gasteiger partial charge < -0.3 is 20.1 Å². The van der Waals surface area contributed by atoms with Gasteiger partial charge in [0.25, 0.3) is 0 Å². The number of benzene rings is 1. The summed E-state index contributed by atoms with van der Waals surface area (Å²) in [7, 11) is 4.97. The number of ether oxygens (including phenoxy) is 2. The van der Waals surface area contributed by atoms with Gasteiger partial charge in [0.1, 0.15) is 28.6 Å². The van der Waals surface area contributed by atoms with Crippen LogP contribution in [0.25, 0.3) is 0 Å². The molecule has 0 unspecified atom stereocenters. The van der Waals surface area contributed by atoms with Gasteiger partial charge in [0.15, 0.2) is 18.2 Å². The lowest BCUT2D eigenvalue weighted by Gasteiger charge is -2.22. The van der Waals surface area contributed by atoms with Gasteiger partial charge in [-0.3, -0.25) is 4.98 Å². The van der Waals surface area contributed by atoms with Crippen molar-refractivity contribution in [2.24, 2.45) is 4.40 Å². The van der Waals surface area contributed by atoms with E-state index in [2.05, 4.69) is 19.3 Å². The number of nitrogens with zero attached hydrogens (tertiary/aromatic N) is 5. The second-order valence-electron chi connectivity index (χ2n) is 6.36. The number of anilines is 2. The number of hydrogen-bond acceptors (Lipinski definition) is 9. The van der Waals surface area contributed by atoms with Gasteiger partial charge in [-0.1, -0.05) is 0 Å². The minimum Gasteiger partial charge on any atom is -0.497 e. The number of aromatic nitrogens is 3. The Morgan fingerprint density at radius 3 is 2.71 bits per heavy atom. The van der Waals surface area contributed by atoms with Crippen molar-refractivity contribution >= 4 is 41.2 Å². The molecule has 11 heteroatoms. The summed E-state index contributed by atoms with van der Waals surface area (Å²) in [5, 5.41) is -0.0480. The number of hydrogen-bond donors (Lipinski definition) is 1. The Labute approximate surface area is 188 Å². The number of rotatable bonds is 8. The van der Waals surface area contributed by atoms with Crippen LogP contribution in [0.1, 0.15) is 16.8 Å². The van der Waals surface area contributed by atoms with Gasteiger partial charge in [-0.2, -0.15) is 9.38 Å². The zero-order valence-corrected chi connectivity index (χ0v) is 18.6. The van der Waals surface area contributed by atoms with E-state index < -0.39 is 0 Å². The fourth-order valence-electron chi connectivity index (χ4n) is 2.99. The van der Waals surface area contributed by atoms with E-state index in [1.165, 1.54) is 6.20 Å². The second kappa shape index (κ2) is 10.3. The molecule has 0 aliphatic carbocycles. The molecule has 0 spiro atoms.